The first-order valence-electron chi connectivity index (χ1n) is 10.4. The topological polar surface area (TPSA) is 78.5 Å². The van der Waals surface area contributed by atoms with Crippen molar-refractivity contribution in [2.75, 3.05) is 0 Å². The molecule has 1 aliphatic rings. The molecule has 0 radical (unpaired) electrons. The third kappa shape index (κ3) is 4.58. The Morgan fingerprint density at radius 2 is 1.61 bits per heavy atom. The Hall–Kier alpha value is -3.67. The molecule has 158 valence electrons. The molecule has 1 aliphatic heterocycles. The van der Waals surface area contributed by atoms with E-state index in [-0.39, 0.29) is 12.3 Å². The monoisotopic (exact) mass is 415 g/mol. The van der Waals surface area contributed by atoms with E-state index in [9.17, 15) is 14.4 Å². The highest BCUT2D eigenvalue weighted by Gasteiger charge is 2.48. The second kappa shape index (κ2) is 8.60. The predicted octanol–water partition coefficient (Wildman–Crippen LogP) is 3.75. The van der Waals surface area contributed by atoms with Crippen LogP contribution in [0.3, 0.4) is 0 Å². The van der Waals surface area contributed by atoms with E-state index in [1.165, 1.54) is 0 Å². The zero-order valence-corrected chi connectivity index (χ0v) is 17.4. The maximum absolute atomic E-state index is 12.8. The van der Waals surface area contributed by atoms with Gasteiger partial charge in [0.2, 0.25) is 5.91 Å². The number of carbonyl (C=O) groups excluding carboxylic acids is 3. The molecule has 0 aromatic heterocycles. The first kappa shape index (κ1) is 20.6. The lowest BCUT2D eigenvalue weighted by atomic mass is 9.93. The van der Waals surface area contributed by atoms with Crippen molar-refractivity contribution in [3.05, 3.63) is 83.9 Å². The van der Waals surface area contributed by atoms with Crippen molar-refractivity contribution in [3.63, 3.8) is 0 Å². The molecular weight excluding hydrogens is 390 g/mol. The van der Waals surface area contributed by atoms with E-state index in [0.717, 1.165) is 26.9 Å². The fraction of sp³-hybridized carbons (Fsp3) is 0.240. The van der Waals surface area contributed by atoms with Crippen LogP contribution in [0.1, 0.15) is 30.9 Å². The average Bonchev–Trinajstić information content (AvgIpc) is 3.00. The molecular formula is C25H25N3O3. The van der Waals surface area contributed by atoms with Crippen LogP contribution in [0, 0.1) is 0 Å². The van der Waals surface area contributed by atoms with Gasteiger partial charge in [0.1, 0.15) is 5.54 Å². The Balaban J connectivity index is 1.34. The highest BCUT2D eigenvalue weighted by molar-refractivity contribution is 6.07. The van der Waals surface area contributed by atoms with E-state index < -0.39 is 17.5 Å². The van der Waals surface area contributed by atoms with Crippen LogP contribution in [0.15, 0.2) is 72.8 Å². The highest BCUT2D eigenvalue weighted by atomic mass is 16.2. The van der Waals surface area contributed by atoms with Crippen molar-refractivity contribution in [2.45, 2.75) is 38.1 Å². The fourth-order valence-electron chi connectivity index (χ4n) is 3.83. The maximum Gasteiger partial charge on any atom is 0.344 e. The van der Waals surface area contributed by atoms with Gasteiger partial charge in [-0.15, -0.1) is 0 Å². The SMILES string of the molecule is CC1(CCc2ccccc2)NC(=O)N(NC(=O)CCc2ccc3ccccc3c2)C1=O. The summed E-state index contributed by atoms with van der Waals surface area (Å²) in [5, 5.41) is 5.79. The molecule has 1 unspecified atom stereocenters. The summed E-state index contributed by atoms with van der Waals surface area (Å²) in [7, 11) is 0. The average molecular weight is 415 g/mol. The minimum Gasteiger partial charge on any atom is -0.322 e. The van der Waals surface area contributed by atoms with Crippen molar-refractivity contribution in [2.24, 2.45) is 0 Å². The van der Waals surface area contributed by atoms with Crippen LogP contribution >= 0.6 is 0 Å². The number of aryl methyl sites for hydroxylation is 2. The molecule has 0 aliphatic carbocycles. The van der Waals surface area contributed by atoms with Crippen molar-refractivity contribution in [1.29, 1.82) is 0 Å². The lowest BCUT2D eigenvalue weighted by Crippen LogP contribution is -2.49. The normalized spacial score (nSPS) is 18.3. The lowest BCUT2D eigenvalue weighted by Gasteiger charge is -2.21. The molecule has 2 N–H and O–H groups in total. The van der Waals surface area contributed by atoms with Gasteiger partial charge in [0.05, 0.1) is 0 Å². The van der Waals surface area contributed by atoms with E-state index in [4.69, 9.17) is 0 Å². The van der Waals surface area contributed by atoms with Crippen LogP contribution in [0.5, 0.6) is 0 Å². The van der Waals surface area contributed by atoms with E-state index in [1.807, 2.05) is 66.7 Å². The van der Waals surface area contributed by atoms with Crippen LogP contribution in [0.4, 0.5) is 4.79 Å². The molecule has 1 heterocycles. The molecule has 6 heteroatoms. The summed E-state index contributed by atoms with van der Waals surface area (Å²) >= 11 is 0. The quantitative estimate of drug-likeness (QED) is 0.577. The molecule has 0 spiro atoms. The van der Waals surface area contributed by atoms with E-state index in [2.05, 4.69) is 16.8 Å². The zero-order chi connectivity index (χ0) is 21.8. The molecule has 0 saturated carbocycles. The Kier molecular flexibility index (Phi) is 5.71. The van der Waals surface area contributed by atoms with Gasteiger partial charge < -0.3 is 5.32 Å². The molecule has 1 saturated heterocycles. The molecule has 0 bridgehead atoms. The summed E-state index contributed by atoms with van der Waals surface area (Å²) in [4.78, 5) is 37.6. The number of nitrogens with zero attached hydrogens (tertiary/aromatic N) is 1. The Morgan fingerprint density at radius 1 is 0.903 bits per heavy atom. The Morgan fingerprint density at radius 3 is 2.39 bits per heavy atom. The number of imide groups is 1. The second-order valence-corrected chi connectivity index (χ2v) is 8.10. The number of hydrogen-bond acceptors (Lipinski definition) is 3. The second-order valence-electron chi connectivity index (χ2n) is 8.10. The van der Waals surface area contributed by atoms with Gasteiger partial charge in [-0.1, -0.05) is 72.8 Å². The van der Waals surface area contributed by atoms with Crippen LogP contribution in [0.2, 0.25) is 0 Å². The molecule has 6 nitrogen and oxygen atoms in total. The number of fused-ring (bicyclic) bond motifs is 1. The number of nitrogens with one attached hydrogen (secondary N) is 2. The first-order chi connectivity index (χ1) is 14.9. The van der Waals surface area contributed by atoms with Gasteiger partial charge in [-0.3, -0.25) is 15.0 Å². The minimum atomic E-state index is -1.04. The van der Waals surface area contributed by atoms with Gasteiger partial charge in [-0.2, -0.15) is 5.01 Å². The van der Waals surface area contributed by atoms with Crippen LogP contribution in [0.25, 0.3) is 10.8 Å². The summed E-state index contributed by atoms with van der Waals surface area (Å²) in [6.45, 7) is 1.69. The maximum atomic E-state index is 12.8. The predicted molar refractivity (Wildman–Crippen MR) is 119 cm³/mol. The number of carbonyl (C=O) groups is 3. The van der Waals surface area contributed by atoms with E-state index in [1.54, 1.807) is 6.92 Å². The smallest absolute Gasteiger partial charge is 0.322 e. The summed E-state index contributed by atoms with van der Waals surface area (Å²) < 4.78 is 0. The summed E-state index contributed by atoms with van der Waals surface area (Å²) in [5.74, 6) is -0.809. The third-order valence-electron chi connectivity index (χ3n) is 5.71. The fourth-order valence-corrected chi connectivity index (χ4v) is 3.83. The summed E-state index contributed by atoms with van der Waals surface area (Å²) in [5.41, 5.74) is 3.54. The van der Waals surface area contributed by atoms with Crippen molar-refractivity contribution >= 4 is 28.6 Å². The van der Waals surface area contributed by atoms with Gasteiger partial charge in [-0.05, 0) is 48.1 Å². The molecule has 1 fully saturated rings. The number of hydrazine groups is 1. The van der Waals surface area contributed by atoms with Crippen LogP contribution in [-0.4, -0.2) is 28.4 Å². The van der Waals surface area contributed by atoms with Gasteiger partial charge in [0, 0.05) is 6.42 Å². The van der Waals surface area contributed by atoms with Crippen molar-refractivity contribution < 1.29 is 14.4 Å². The summed E-state index contributed by atoms with van der Waals surface area (Å²) in [6.07, 6.45) is 1.79. The third-order valence-corrected chi connectivity index (χ3v) is 5.71. The number of amides is 4. The van der Waals surface area contributed by atoms with Gasteiger partial charge in [0.25, 0.3) is 5.91 Å². The minimum absolute atomic E-state index is 0.177. The summed E-state index contributed by atoms with van der Waals surface area (Å²) in [6, 6.07) is 23.3. The van der Waals surface area contributed by atoms with Gasteiger partial charge in [-0.25, -0.2) is 4.79 Å². The van der Waals surface area contributed by atoms with Crippen molar-refractivity contribution in [1.82, 2.24) is 15.8 Å². The molecule has 3 aromatic carbocycles. The Bertz CT molecular complexity index is 1130. The molecule has 3 aromatic rings. The van der Waals surface area contributed by atoms with Crippen molar-refractivity contribution in [3.8, 4) is 0 Å². The Labute approximate surface area is 181 Å². The largest absolute Gasteiger partial charge is 0.344 e. The molecule has 4 amide bonds. The van der Waals surface area contributed by atoms with Crippen LogP contribution in [-0.2, 0) is 22.4 Å². The highest BCUT2D eigenvalue weighted by Crippen LogP contribution is 2.22. The first-order valence-corrected chi connectivity index (χ1v) is 10.4. The standard InChI is InChI=1S/C25H25N3O3/c1-25(16-15-18-7-3-2-4-8-18)23(30)28(24(31)26-25)27-22(29)14-12-19-11-13-20-9-5-6-10-21(20)17-19/h2-11,13,17H,12,14-16H2,1H3,(H,26,31)(H,27,29). The zero-order valence-electron chi connectivity index (χ0n) is 17.4. The number of urea groups is 1. The number of benzene rings is 3. The van der Waals surface area contributed by atoms with Gasteiger partial charge in [0.15, 0.2) is 0 Å². The lowest BCUT2D eigenvalue weighted by molar-refractivity contribution is -0.138. The number of hydrogen-bond donors (Lipinski definition) is 2. The number of rotatable bonds is 7. The van der Waals surface area contributed by atoms with Crippen LogP contribution < -0.4 is 10.7 Å². The van der Waals surface area contributed by atoms with E-state index in [0.29, 0.717) is 19.3 Å². The molecule has 4 rings (SSSR count). The molecule has 1 atom stereocenters. The van der Waals surface area contributed by atoms with E-state index >= 15 is 0 Å². The molecule has 31 heavy (non-hydrogen) atoms. The van der Waals surface area contributed by atoms with Gasteiger partial charge >= 0.3 is 6.03 Å².